The summed E-state index contributed by atoms with van der Waals surface area (Å²) in [4.78, 5) is 26.0. The Morgan fingerprint density at radius 1 is 1.03 bits per heavy atom. The molecule has 2 aromatic carbocycles. The van der Waals surface area contributed by atoms with Crippen molar-refractivity contribution in [2.75, 3.05) is 42.6 Å². The van der Waals surface area contributed by atoms with Crippen LogP contribution in [0, 0.1) is 0 Å². The standard InChI is InChI=1S/C25H28N4O3/c1-4-31-18(3)21-15-26-25(27-16-21)28-12-13-29(23(17-28)24(30)32-5-2)22-11-10-19-8-6-7-9-20(19)14-22/h6-11,14-16,23H,3-5,12-13,17H2,1-2H3. The van der Waals surface area contributed by atoms with Crippen molar-refractivity contribution in [2.45, 2.75) is 19.9 Å². The number of aromatic nitrogens is 2. The lowest BCUT2D eigenvalue weighted by molar-refractivity contribution is -0.144. The average molecular weight is 433 g/mol. The zero-order valence-electron chi connectivity index (χ0n) is 18.5. The molecule has 1 aliphatic heterocycles. The normalized spacial score (nSPS) is 16.1. The molecule has 0 radical (unpaired) electrons. The Balaban J connectivity index is 1.57. The van der Waals surface area contributed by atoms with Crippen LogP contribution >= 0.6 is 0 Å². The monoisotopic (exact) mass is 432 g/mol. The highest BCUT2D eigenvalue weighted by molar-refractivity contribution is 5.88. The van der Waals surface area contributed by atoms with Crippen molar-refractivity contribution in [3.8, 4) is 0 Å². The van der Waals surface area contributed by atoms with E-state index in [0.717, 1.165) is 16.6 Å². The molecule has 1 aliphatic rings. The van der Waals surface area contributed by atoms with Crippen LogP contribution in [-0.2, 0) is 14.3 Å². The van der Waals surface area contributed by atoms with Crippen LogP contribution in [0.3, 0.4) is 0 Å². The summed E-state index contributed by atoms with van der Waals surface area (Å²) < 4.78 is 10.8. The molecule has 0 N–H and O–H groups in total. The summed E-state index contributed by atoms with van der Waals surface area (Å²) in [5, 5.41) is 2.31. The lowest BCUT2D eigenvalue weighted by Crippen LogP contribution is -2.57. The van der Waals surface area contributed by atoms with Crippen LogP contribution < -0.4 is 9.80 Å². The maximum Gasteiger partial charge on any atom is 0.330 e. The number of rotatable bonds is 7. The molecular formula is C25H28N4O3. The number of fused-ring (bicyclic) bond motifs is 1. The van der Waals surface area contributed by atoms with E-state index in [-0.39, 0.29) is 5.97 Å². The molecule has 1 unspecified atom stereocenters. The first-order valence-electron chi connectivity index (χ1n) is 10.9. The molecule has 1 aromatic heterocycles. The summed E-state index contributed by atoms with van der Waals surface area (Å²) >= 11 is 0. The minimum Gasteiger partial charge on any atom is -0.494 e. The van der Waals surface area contributed by atoms with Crippen molar-refractivity contribution in [1.29, 1.82) is 0 Å². The Morgan fingerprint density at radius 3 is 2.47 bits per heavy atom. The third-order valence-corrected chi connectivity index (χ3v) is 5.57. The van der Waals surface area contributed by atoms with Gasteiger partial charge in [0.05, 0.1) is 25.3 Å². The largest absolute Gasteiger partial charge is 0.494 e. The molecule has 7 heteroatoms. The molecule has 0 amide bonds. The summed E-state index contributed by atoms with van der Waals surface area (Å²) in [6.07, 6.45) is 3.41. The van der Waals surface area contributed by atoms with Gasteiger partial charge in [-0.15, -0.1) is 0 Å². The number of carbonyl (C=O) groups excluding carboxylic acids is 1. The molecule has 1 saturated heterocycles. The Kier molecular flexibility index (Phi) is 6.54. The highest BCUT2D eigenvalue weighted by Crippen LogP contribution is 2.27. The zero-order chi connectivity index (χ0) is 22.5. The number of hydrogen-bond donors (Lipinski definition) is 0. The highest BCUT2D eigenvalue weighted by atomic mass is 16.5. The average Bonchev–Trinajstić information content (AvgIpc) is 2.84. The predicted molar refractivity (Wildman–Crippen MR) is 127 cm³/mol. The molecule has 0 aliphatic carbocycles. The fraction of sp³-hybridized carbons (Fsp3) is 0.320. The topological polar surface area (TPSA) is 67.8 Å². The minimum atomic E-state index is -0.452. The second-order valence-electron chi connectivity index (χ2n) is 7.57. The van der Waals surface area contributed by atoms with E-state index < -0.39 is 6.04 Å². The second kappa shape index (κ2) is 9.68. The molecule has 2 heterocycles. The van der Waals surface area contributed by atoms with Gasteiger partial charge < -0.3 is 19.3 Å². The SMILES string of the molecule is C=C(OCC)c1cnc(N2CCN(c3ccc4ccccc4c3)C(C(=O)OCC)C2)nc1. The van der Waals surface area contributed by atoms with Gasteiger partial charge in [-0.05, 0) is 36.8 Å². The predicted octanol–water partition coefficient (Wildman–Crippen LogP) is 3.90. The van der Waals surface area contributed by atoms with Crippen molar-refractivity contribution in [3.05, 3.63) is 67.0 Å². The van der Waals surface area contributed by atoms with Gasteiger partial charge in [-0.2, -0.15) is 0 Å². The van der Waals surface area contributed by atoms with Crippen LogP contribution in [0.5, 0.6) is 0 Å². The van der Waals surface area contributed by atoms with Crippen LogP contribution in [0.15, 0.2) is 61.4 Å². The van der Waals surface area contributed by atoms with Crippen LogP contribution in [-0.4, -0.2) is 54.8 Å². The van der Waals surface area contributed by atoms with Crippen molar-refractivity contribution < 1.29 is 14.3 Å². The van der Waals surface area contributed by atoms with Crippen molar-refractivity contribution in [3.63, 3.8) is 0 Å². The summed E-state index contributed by atoms with van der Waals surface area (Å²) in [6.45, 7) is 10.3. The van der Waals surface area contributed by atoms with E-state index >= 15 is 0 Å². The van der Waals surface area contributed by atoms with E-state index in [1.165, 1.54) is 5.39 Å². The van der Waals surface area contributed by atoms with Crippen LogP contribution in [0.4, 0.5) is 11.6 Å². The van der Waals surface area contributed by atoms with E-state index in [0.29, 0.717) is 44.6 Å². The Morgan fingerprint density at radius 2 is 1.75 bits per heavy atom. The molecule has 32 heavy (non-hydrogen) atoms. The molecule has 4 rings (SSSR count). The van der Waals surface area contributed by atoms with Crippen molar-refractivity contribution in [2.24, 2.45) is 0 Å². The number of ether oxygens (including phenoxy) is 2. The molecule has 0 bridgehead atoms. The number of anilines is 2. The van der Waals surface area contributed by atoms with Gasteiger partial charge in [0.15, 0.2) is 0 Å². The first kappa shape index (κ1) is 21.6. The number of piperazine rings is 1. The lowest BCUT2D eigenvalue weighted by Gasteiger charge is -2.41. The zero-order valence-corrected chi connectivity index (χ0v) is 18.5. The summed E-state index contributed by atoms with van der Waals surface area (Å²) in [7, 11) is 0. The van der Waals surface area contributed by atoms with Gasteiger partial charge in [-0.3, -0.25) is 0 Å². The molecule has 0 spiro atoms. The lowest BCUT2D eigenvalue weighted by atomic mass is 10.1. The minimum absolute atomic E-state index is 0.244. The van der Waals surface area contributed by atoms with Gasteiger partial charge >= 0.3 is 5.97 Å². The molecule has 7 nitrogen and oxygen atoms in total. The number of esters is 1. The summed E-state index contributed by atoms with van der Waals surface area (Å²) in [6, 6.07) is 14.0. The second-order valence-corrected chi connectivity index (χ2v) is 7.57. The summed E-state index contributed by atoms with van der Waals surface area (Å²) in [5.41, 5.74) is 1.75. The quantitative estimate of drug-likeness (QED) is 0.414. The van der Waals surface area contributed by atoms with Gasteiger partial charge in [0, 0.05) is 31.2 Å². The third-order valence-electron chi connectivity index (χ3n) is 5.57. The van der Waals surface area contributed by atoms with E-state index in [1.807, 2.05) is 30.9 Å². The van der Waals surface area contributed by atoms with Crippen LogP contribution in [0.25, 0.3) is 16.5 Å². The van der Waals surface area contributed by atoms with Crippen molar-refractivity contribution in [1.82, 2.24) is 9.97 Å². The van der Waals surface area contributed by atoms with E-state index in [2.05, 4.69) is 51.8 Å². The maximum atomic E-state index is 12.9. The van der Waals surface area contributed by atoms with Gasteiger partial charge in [-0.25, -0.2) is 14.8 Å². The highest BCUT2D eigenvalue weighted by Gasteiger charge is 2.34. The number of carbonyl (C=O) groups is 1. The molecule has 166 valence electrons. The molecule has 0 saturated carbocycles. The Labute approximate surface area is 188 Å². The van der Waals surface area contributed by atoms with Crippen molar-refractivity contribution >= 4 is 34.1 Å². The first-order valence-corrected chi connectivity index (χ1v) is 10.9. The van der Waals surface area contributed by atoms with Gasteiger partial charge in [-0.1, -0.05) is 36.9 Å². The Hall–Kier alpha value is -3.61. The first-order chi connectivity index (χ1) is 15.6. The van der Waals surface area contributed by atoms with Crippen LogP contribution in [0.2, 0.25) is 0 Å². The fourth-order valence-electron chi connectivity index (χ4n) is 3.96. The molecular weight excluding hydrogens is 404 g/mol. The smallest absolute Gasteiger partial charge is 0.330 e. The van der Waals surface area contributed by atoms with Gasteiger partial charge in [0.2, 0.25) is 5.95 Å². The molecule has 3 aromatic rings. The maximum absolute atomic E-state index is 12.9. The van der Waals surface area contributed by atoms with E-state index in [1.54, 1.807) is 12.4 Å². The van der Waals surface area contributed by atoms with E-state index in [9.17, 15) is 4.79 Å². The number of benzene rings is 2. The fourth-order valence-corrected chi connectivity index (χ4v) is 3.96. The Bertz CT molecular complexity index is 1100. The molecule has 1 atom stereocenters. The van der Waals surface area contributed by atoms with Crippen LogP contribution in [0.1, 0.15) is 19.4 Å². The number of hydrogen-bond acceptors (Lipinski definition) is 7. The van der Waals surface area contributed by atoms with Gasteiger partial charge in [0.25, 0.3) is 0 Å². The van der Waals surface area contributed by atoms with Gasteiger partial charge in [0.1, 0.15) is 11.8 Å². The summed E-state index contributed by atoms with van der Waals surface area (Å²) in [5.74, 6) is 0.877. The van der Waals surface area contributed by atoms with E-state index in [4.69, 9.17) is 9.47 Å². The molecule has 1 fully saturated rings. The number of nitrogens with zero attached hydrogens (tertiary/aromatic N) is 4. The third kappa shape index (κ3) is 4.51.